The van der Waals surface area contributed by atoms with Crippen molar-refractivity contribution in [3.05, 3.63) is 62.3 Å². The molecule has 3 aromatic rings. The first-order chi connectivity index (χ1) is 11.0. The van der Waals surface area contributed by atoms with Gasteiger partial charge in [-0.2, -0.15) is 0 Å². The first-order valence-corrected chi connectivity index (χ1v) is 8.33. The van der Waals surface area contributed by atoms with Crippen LogP contribution >= 0.6 is 11.3 Å². The summed E-state index contributed by atoms with van der Waals surface area (Å²) in [5, 5.41) is 0.749. The maximum Gasteiger partial charge on any atom is 0.262 e. The number of halogens is 1. The van der Waals surface area contributed by atoms with Gasteiger partial charge in [0.1, 0.15) is 16.5 Å². The number of aromatic nitrogens is 2. The number of thiophene rings is 1. The number of fused-ring (bicyclic) bond motifs is 2. The third-order valence-electron chi connectivity index (χ3n) is 4.39. The maximum absolute atomic E-state index is 13.0. The third-order valence-corrected chi connectivity index (χ3v) is 5.49. The van der Waals surface area contributed by atoms with Crippen molar-refractivity contribution in [2.45, 2.75) is 26.8 Å². The highest BCUT2D eigenvalue weighted by Crippen LogP contribution is 2.31. The van der Waals surface area contributed by atoms with Gasteiger partial charge in [0.15, 0.2) is 0 Å². The molecule has 0 bridgehead atoms. The second kappa shape index (κ2) is 5.13. The molecule has 0 atom stereocenters. The molecule has 1 aliphatic heterocycles. The van der Waals surface area contributed by atoms with Crippen molar-refractivity contribution < 1.29 is 4.39 Å². The largest absolute Gasteiger partial charge is 0.292 e. The van der Waals surface area contributed by atoms with E-state index in [2.05, 4.69) is 0 Å². The standard InChI is InChI=1S/C18H15FN2OS/c1-10-11(2)23-17-15(10)18(22)21-8-7-13(16(21)20-17)9-12-3-5-14(19)6-4-12/h3-6,9H,7-8H2,1-2H3/b13-9-. The molecule has 23 heavy (non-hydrogen) atoms. The fourth-order valence-electron chi connectivity index (χ4n) is 3.02. The first-order valence-electron chi connectivity index (χ1n) is 7.51. The molecule has 4 rings (SSSR count). The maximum atomic E-state index is 13.0. The van der Waals surface area contributed by atoms with E-state index in [1.165, 1.54) is 12.1 Å². The fraction of sp³-hybridized carbons (Fsp3) is 0.222. The van der Waals surface area contributed by atoms with Gasteiger partial charge in [-0.15, -0.1) is 11.3 Å². The summed E-state index contributed by atoms with van der Waals surface area (Å²) in [6.07, 6.45) is 2.76. The minimum atomic E-state index is -0.250. The lowest BCUT2D eigenvalue weighted by molar-refractivity contribution is 0.628. The van der Waals surface area contributed by atoms with Crippen molar-refractivity contribution in [3.8, 4) is 0 Å². The molecule has 0 radical (unpaired) electrons. The lowest BCUT2D eigenvalue weighted by atomic mass is 10.1. The summed E-state index contributed by atoms with van der Waals surface area (Å²) in [6.45, 7) is 4.65. The van der Waals surface area contributed by atoms with Gasteiger partial charge in [-0.05, 0) is 55.2 Å². The van der Waals surface area contributed by atoms with Gasteiger partial charge in [0.2, 0.25) is 0 Å². The minimum Gasteiger partial charge on any atom is -0.292 e. The Labute approximate surface area is 136 Å². The van der Waals surface area contributed by atoms with Crippen LogP contribution in [-0.2, 0) is 6.54 Å². The Kier molecular flexibility index (Phi) is 3.20. The Hall–Kier alpha value is -2.27. The van der Waals surface area contributed by atoms with Gasteiger partial charge in [-0.3, -0.25) is 9.36 Å². The highest BCUT2D eigenvalue weighted by atomic mass is 32.1. The van der Waals surface area contributed by atoms with E-state index in [4.69, 9.17) is 4.98 Å². The monoisotopic (exact) mass is 326 g/mol. The highest BCUT2D eigenvalue weighted by Gasteiger charge is 2.23. The van der Waals surface area contributed by atoms with E-state index in [-0.39, 0.29) is 11.4 Å². The zero-order valence-corrected chi connectivity index (χ0v) is 13.7. The van der Waals surface area contributed by atoms with Gasteiger partial charge < -0.3 is 0 Å². The van der Waals surface area contributed by atoms with Crippen LogP contribution in [0.1, 0.15) is 28.2 Å². The van der Waals surface area contributed by atoms with Crippen molar-refractivity contribution in [3.63, 3.8) is 0 Å². The summed E-state index contributed by atoms with van der Waals surface area (Å²) in [7, 11) is 0. The van der Waals surface area contributed by atoms with E-state index in [0.717, 1.165) is 44.0 Å². The van der Waals surface area contributed by atoms with Gasteiger partial charge in [0.25, 0.3) is 5.56 Å². The van der Waals surface area contributed by atoms with Gasteiger partial charge >= 0.3 is 0 Å². The lowest BCUT2D eigenvalue weighted by Crippen LogP contribution is -2.20. The average Bonchev–Trinajstić information content (AvgIpc) is 3.05. The van der Waals surface area contributed by atoms with Gasteiger partial charge in [-0.25, -0.2) is 9.37 Å². The number of rotatable bonds is 1. The van der Waals surface area contributed by atoms with Crippen molar-refractivity contribution in [1.82, 2.24) is 9.55 Å². The number of nitrogens with zero attached hydrogens (tertiary/aromatic N) is 2. The highest BCUT2D eigenvalue weighted by molar-refractivity contribution is 7.18. The molecule has 1 aromatic carbocycles. The number of hydrogen-bond donors (Lipinski definition) is 0. The zero-order chi connectivity index (χ0) is 16.1. The molecule has 0 saturated carbocycles. The second-order valence-corrected chi connectivity index (χ2v) is 7.03. The fourth-order valence-corrected chi connectivity index (χ4v) is 4.04. The van der Waals surface area contributed by atoms with E-state index >= 15 is 0 Å². The van der Waals surface area contributed by atoms with Crippen LogP contribution in [0.25, 0.3) is 21.9 Å². The summed E-state index contributed by atoms with van der Waals surface area (Å²) in [6, 6.07) is 6.36. The van der Waals surface area contributed by atoms with Gasteiger partial charge in [-0.1, -0.05) is 12.1 Å². The van der Waals surface area contributed by atoms with Crippen molar-refractivity contribution in [1.29, 1.82) is 0 Å². The Balaban J connectivity index is 1.90. The molecule has 0 amide bonds. The SMILES string of the molecule is Cc1sc2nc3n(c(=O)c2c1C)CC/C3=C/c1ccc(F)cc1. The Morgan fingerprint density at radius 3 is 2.74 bits per heavy atom. The molecule has 2 aromatic heterocycles. The van der Waals surface area contributed by atoms with Gasteiger partial charge in [0.05, 0.1) is 5.39 Å². The van der Waals surface area contributed by atoms with Crippen molar-refractivity contribution in [2.75, 3.05) is 0 Å². The summed E-state index contributed by atoms with van der Waals surface area (Å²) in [4.78, 5) is 19.4. The van der Waals surface area contributed by atoms with Crippen molar-refractivity contribution >= 4 is 33.2 Å². The summed E-state index contributed by atoms with van der Waals surface area (Å²) >= 11 is 1.57. The number of hydrogen-bond acceptors (Lipinski definition) is 3. The summed E-state index contributed by atoms with van der Waals surface area (Å²) in [5.41, 5.74) is 3.03. The van der Waals surface area contributed by atoms with E-state index in [1.54, 1.807) is 28.0 Å². The molecule has 0 fully saturated rings. The molecule has 0 saturated heterocycles. The Bertz CT molecular complexity index is 1010. The molecular formula is C18H15FN2OS. The summed E-state index contributed by atoms with van der Waals surface area (Å²) in [5.74, 6) is 0.493. The molecular weight excluding hydrogens is 311 g/mol. The van der Waals surface area contributed by atoms with Crippen LogP contribution in [0, 0.1) is 19.7 Å². The first kappa shape index (κ1) is 14.3. The van der Waals surface area contributed by atoms with Crippen LogP contribution in [0.4, 0.5) is 4.39 Å². The van der Waals surface area contributed by atoms with E-state index in [9.17, 15) is 9.18 Å². The van der Waals surface area contributed by atoms with Crippen molar-refractivity contribution in [2.24, 2.45) is 0 Å². The predicted octanol–water partition coefficient (Wildman–Crippen LogP) is 4.16. The van der Waals surface area contributed by atoms with Crippen LogP contribution in [-0.4, -0.2) is 9.55 Å². The molecule has 3 heterocycles. The second-order valence-electron chi connectivity index (χ2n) is 5.83. The van der Waals surface area contributed by atoms with E-state index in [1.807, 2.05) is 19.9 Å². The number of benzene rings is 1. The van der Waals surface area contributed by atoms with E-state index < -0.39 is 0 Å². The minimum absolute atomic E-state index is 0.0503. The molecule has 0 unspecified atom stereocenters. The smallest absolute Gasteiger partial charge is 0.262 e. The predicted molar refractivity (Wildman–Crippen MR) is 92.2 cm³/mol. The molecule has 0 aliphatic carbocycles. The molecule has 1 aliphatic rings. The molecule has 0 N–H and O–H groups in total. The molecule has 0 spiro atoms. The number of allylic oxidation sites excluding steroid dienone is 1. The van der Waals surface area contributed by atoms with Crippen LogP contribution in [0.3, 0.4) is 0 Å². The average molecular weight is 326 g/mol. The molecule has 5 heteroatoms. The van der Waals surface area contributed by atoms with Crippen LogP contribution in [0.5, 0.6) is 0 Å². The van der Waals surface area contributed by atoms with Crippen LogP contribution in [0.2, 0.25) is 0 Å². The number of aryl methyl sites for hydroxylation is 2. The molecule has 116 valence electrons. The topological polar surface area (TPSA) is 34.9 Å². The van der Waals surface area contributed by atoms with Crippen LogP contribution in [0.15, 0.2) is 29.1 Å². The van der Waals surface area contributed by atoms with Gasteiger partial charge in [0, 0.05) is 11.4 Å². The van der Waals surface area contributed by atoms with E-state index in [0.29, 0.717) is 6.54 Å². The summed E-state index contributed by atoms with van der Waals surface area (Å²) < 4.78 is 14.8. The third kappa shape index (κ3) is 2.23. The van der Waals surface area contributed by atoms with Crippen LogP contribution < -0.4 is 5.56 Å². The lowest BCUT2D eigenvalue weighted by Gasteiger charge is -2.03. The Morgan fingerprint density at radius 1 is 1.26 bits per heavy atom. The normalized spacial score (nSPS) is 15.5. The molecule has 3 nitrogen and oxygen atoms in total. The zero-order valence-electron chi connectivity index (χ0n) is 12.9. The Morgan fingerprint density at radius 2 is 2.00 bits per heavy atom. The quantitative estimate of drug-likeness (QED) is 0.673.